The number of fused-ring (bicyclic) bond motifs is 1. The summed E-state index contributed by atoms with van der Waals surface area (Å²) in [5.74, 6) is 0.749. The number of hydrogen-bond donors (Lipinski definition) is 2. The van der Waals surface area contributed by atoms with Gasteiger partial charge in [-0.25, -0.2) is 4.79 Å². The van der Waals surface area contributed by atoms with Crippen LogP contribution in [0.4, 0.5) is 5.69 Å². The molecule has 0 spiro atoms. The molecule has 2 N–H and O–H groups in total. The highest BCUT2D eigenvalue weighted by atomic mass is 16.7. The topological polar surface area (TPSA) is 106 Å². The normalized spacial score (nSPS) is 13.1. The third-order valence-corrected chi connectivity index (χ3v) is 3.73. The van der Waals surface area contributed by atoms with E-state index >= 15 is 0 Å². The third-order valence-electron chi connectivity index (χ3n) is 3.73. The number of aromatic hydroxyl groups is 1. The summed E-state index contributed by atoms with van der Waals surface area (Å²) in [7, 11) is 0. The van der Waals surface area contributed by atoms with Crippen LogP contribution in [0.15, 0.2) is 45.4 Å². The number of nitrogens with one attached hydrogen (secondary N) is 1. The van der Waals surface area contributed by atoms with Gasteiger partial charge in [0.1, 0.15) is 5.56 Å². The molecule has 0 fully saturated rings. The maximum absolute atomic E-state index is 12.2. The molecule has 2 heterocycles. The van der Waals surface area contributed by atoms with Crippen LogP contribution in [-0.2, 0) is 6.54 Å². The number of allylic oxidation sites excluding steroid dienone is 1. The van der Waals surface area contributed by atoms with E-state index < -0.39 is 17.1 Å². The van der Waals surface area contributed by atoms with E-state index in [1.807, 2.05) is 0 Å². The summed E-state index contributed by atoms with van der Waals surface area (Å²) in [6.45, 7) is 5.55. The average molecular weight is 343 g/mol. The number of hydrogen-bond acceptors (Lipinski definition) is 6. The minimum Gasteiger partial charge on any atom is -0.494 e. The highest BCUT2D eigenvalue weighted by Gasteiger charge is 2.19. The molecule has 0 atom stereocenters. The maximum Gasteiger partial charge on any atom is 0.331 e. The first-order valence-electron chi connectivity index (χ1n) is 7.69. The van der Waals surface area contributed by atoms with Crippen molar-refractivity contribution in [2.45, 2.75) is 19.9 Å². The molecule has 0 saturated heterocycles. The molecule has 1 aromatic heterocycles. The van der Waals surface area contributed by atoms with Gasteiger partial charge in [-0.2, -0.15) is 0 Å². The van der Waals surface area contributed by atoms with E-state index in [1.165, 1.54) is 6.08 Å². The molecule has 0 unspecified atom stereocenters. The van der Waals surface area contributed by atoms with Gasteiger partial charge in [0.25, 0.3) is 5.56 Å². The van der Waals surface area contributed by atoms with Crippen LogP contribution < -0.4 is 20.7 Å². The van der Waals surface area contributed by atoms with Gasteiger partial charge < -0.3 is 14.6 Å². The van der Waals surface area contributed by atoms with Gasteiger partial charge in [-0.15, -0.1) is 6.58 Å². The van der Waals surface area contributed by atoms with E-state index in [2.05, 4.69) is 16.6 Å². The zero-order valence-corrected chi connectivity index (χ0v) is 13.6. The first kappa shape index (κ1) is 16.6. The van der Waals surface area contributed by atoms with Crippen LogP contribution in [0.5, 0.6) is 17.4 Å². The van der Waals surface area contributed by atoms with Crippen molar-refractivity contribution in [3.63, 3.8) is 0 Å². The minimum atomic E-state index is -0.704. The summed E-state index contributed by atoms with van der Waals surface area (Å²) in [5.41, 5.74) is -0.549. The number of H-pyrrole nitrogens is 1. The highest BCUT2D eigenvalue weighted by molar-refractivity contribution is 6.03. The van der Waals surface area contributed by atoms with Gasteiger partial charge in [-0.1, -0.05) is 13.0 Å². The first-order valence-corrected chi connectivity index (χ1v) is 7.69. The van der Waals surface area contributed by atoms with Crippen LogP contribution in [0.2, 0.25) is 0 Å². The molecule has 1 aromatic carbocycles. The first-order chi connectivity index (χ1) is 12.0. The van der Waals surface area contributed by atoms with Gasteiger partial charge >= 0.3 is 5.69 Å². The van der Waals surface area contributed by atoms with E-state index in [4.69, 9.17) is 9.47 Å². The Morgan fingerprint density at radius 3 is 2.88 bits per heavy atom. The molecule has 3 rings (SSSR count). The Kier molecular flexibility index (Phi) is 4.42. The van der Waals surface area contributed by atoms with Crippen molar-refractivity contribution >= 4 is 11.4 Å². The molecule has 0 aliphatic carbocycles. The van der Waals surface area contributed by atoms with Gasteiger partial charge in [0.05, 0.1) is 11.4 Å². The van der Waals surface area contributed by atoms with Gasteiger partial charge in [-0.05, 0) is 18.6 Å². The van der Waals surface area contributed by atoms with E-state index in [1.54, 1.807) is 25.1 Å². The minimum absolute atomic E-state index is 0.0402. The lowest BCUT2D eigenvalue weighted by Gasteiger charge is -2.11. The fraction of sp³-hybridized carbons (Fsp3) is 0.235. The van der Waals surface area contributed by atoms with Crippen LogP contribution in [-0.4, -0.2) is 27.2 Å². The Morgan fingerprint density at radius 1 is 1.40 bits per heavy atom. The number of nitrogens with zero attached hydrogens (tertiary/aromatic N) is 2. The molecule has 0 bridgehead atoms. The monoisotopic (exact) mass is 343 g/mol. The lowest BCUT2D eigenvalue weighted by atomic mass is 10.1. The Hall–Kier alpha value is -3.29. The van der Waals surface area contributed by atoms with Crippen molar-refractivity contribution in [1.82, 2.24) is 9.55 Å². The smallest absolute Gasteiger partial charge is 0.331 e. The van der Waals surface area contributed by atoms with Gasteiger partial charge in [-0.3, -0.25) is 19.3 Å². The molecule has 0 saturated carbocycles. The van der Waals surface area contributed by atoms with Crippen molar-refractivity contribution in [1.29, 1.82) is 0 Å². The molecule has 8 heteroatoms. The Bertz CT molecular complexity index is 971. The Balaban J connectivity index is 2.12. The van der Waals surface area contributed by atoms with Crippen molar-refractivity contribution in [2.75, 3.05) is 6.79 Å². The summed E-state index contributed by atoms with van der Waals surface area (Å²) < 4.78 is 11.6. The van der Waals surface area contributed by atoms with Crippen molar-refractivity contribution in [3.05, 3.63) is 57.3 Å². The number of aromatic amines is 1. The summed E-state index contributed by atoms with van der Waals surface area (Å²) in [5, 5.41) is 10.4. The van der Waals surface area contributed by atoms with Crippen LogP contribution >= 0.6 is 0 Å². The second kappa shape index (κ2) is 6.68. The van der Waals surface area contributed by atoms with Crippen molar-refractivity contribution < 1.29 is 14.6 Å². The molecule has 1 aliphatic rings. The van der Waals surface area contributed by atoms with E-state index in [0.717, 1.165) is 4.57 Å². The Morgan fingerprint density at radius 2 is 2.16 bits per heavy atom. The lowest BCUT2D eigenvalue weighted by molar-refractivity contribution is 0.174. The number of benzene rings is 1. The number of rotatable bonds is 5. The highest BCUT2D eigenvalue weighted by Crippen LogP contribution is 2.35. The number of ether oxygens (including phenoxy) is 2. The van der Waals surface area contributed by atoms with Gasteiger partial charge in [0.2, 0.25) is 12.7 Å². The molecule has 25 heavy (non-hydrogen) atoms. The third kappa shape index (κ3) is 3.06. The number of aromatic nitrogens is 2. The molecule has 8 nitrogen and oxygen atoms in total. The molecular weight excluding hydrogens is 326 g/mol. The summed E-state index contributed by atoms with van der Waals surface area (Å²) in [6.07, 6.45) is 1.82. The standard InChI is InChI=1S/C17H17N3O5/c1-3-7-20-16(22)14(15(21)19-17(20)23)11(4-2)18-10-5-6-12-13(8-10)25-9-24-12/h3,5-6,8,22H,1,4,7,9H2,2H3,(H,19,21,23). The zero-order chi connectivity index (χ0) is 18.0. The quantitative estimate of drug-likeness (QED) is 0.635. The fourth-order valence-electron chi connectivity index (χ4n) is 2.54. The molecule has 130 valence electrons. The SMILES string of the molecule is C=CCn1c(O)c(C(CC)=Nc2ccc3c(c2)OCO3)c(=O)[nH]c1=O. The van der Waals surface area contributed by atoms with E-state index in [-0.39, 0.29) is 18.9 Å². The maximum atomic E-state index is 12.2. The van der Waals surface area contributed by atoms with Crippen LogP contribution in [0.1, 0.15) is 18.9 Å². The van der Waals surface area contributed by atoms with Gasteiger partial charge in [0, 0.05) is 12.6 Å². The zero-order valence-electron chi connectivity index (χ0n) is 13.6. The summed E-state index contributed by atoms with van der Waals surface area (Å²) >= 11 is 0. The predicted octanol–water partition coefficient (Wildman–Crippen LogP) is 1.69. The fourth-order valence-corrected chi connectivity index (χ4v) is 2.54. The van der Waals surface area contributed by atoms with Crippen LogP contribution in [0, 0.1) is 0 Å². The van der Waals surface area contributed by atoms with Crippen LogP contribution in [0.3, 0.4) is 0 Å². The van der Waals surface area contributed by atoms with E-state index in [0.29, 0.717) is 29.3 Å². The second-order valence-electron chi connectivity index (χ2n) is 5.31. The molecule has 2 aromatic rings. The summed E-state index contributed by atoms with van der Waals surface area (Å²) in [6, 6.07) is 5.12. The molecule has 0 radical (unpaired) electrons. The van der Waals surface area contributed by atoms with E-state index in [9.17, 15) is 14.7 Å². The predicted molar refractivity (Wildman–Crippen MR) is 92.2 cm³/mol. The average Bonchev–Trinajstić information content (AvgIpc) is 3.05. The molecule has 0 amide bonds. The largest absolute Gasteiger partial charge is 0.494 e. The molecule has 1 aliphatic heterocycles. The second-order valence-corrected chi connectivity index (χ2v) is 5.31. The number of aliphatic imine (C=N–C) groups is 1. The van der Waals surface area contributed by atoms with Crippen LogP contribution in [0.25, 0.3) is 0 Å². The van der Waals surface area contributed by atoms with Crippen molar-refractivity contribution in [2.24, 2.45) is 4.99 Å². The lowest BCUT2D eigenvalue weighted by Crippen LogP contribution is -2.33. The Labute approximate surface area is 142 Å². The summed E-state index contributed by atoms with van der Waals surface area (Å²) in [4.78, 5) is 30.7. The van der Waals surface area contributed by atoms with Crippen molar-refractivity contribution in [3.8, 4) is 17.4 Å². The molecular formula is C17H17N3O5. The van der Waals surface area contributed by atoms with Gasteiger partial charge in [0.15, 0.2) is 11.5 Å².